The lowest BCUT2D eigenvalue weighted by atomic mass is 9.87. The van der Waals surface area contributed by atoms with Crippen molar-refractivity contribution < 1.29 is 18.7 Å². The highest BCUT2D eigenvalue weighted by Crippen LogP contribution is 2.36. The second-order valence-electron chi connectivity index (χ2n) is 7.31. The smallest absolute Gasteiger partial charge is 0.268 e. The highest BCUT2D eigenvalue weighted by atomic mass is 35.5. The van der Waals surface area contributed by atoms with Gasteiger partial charge in [0.1, 0.15) is 6.10 Å². The minimum Gasteiger partial charge on any atom is -0.382 e. The second-order valence-corrected chi connectivity index (χ2v) is 8.13. The largest absolute Gasteiger partial charge is 0.382 e. The van der Waals surface area contributed by atoms with E-state index >= 15 is 0 Å². The van der Waals surface area contributed by atoms with Crippen molar-refractivity contribution >= 4 is 34.6 Å². The molecule has 1 amide bonds. The predicted molar refractivity (Wildman–Crippen MR) is 110 cm³/mol. The molecule has 1 aliphatic rings. The molecule has 5 nitrogen and oxygen atoms in total. The third kappa shape index (κ3) is 3.55. The van der Waals surface area contributed by atoms with Crippen LogP contribution in [0.4, 0.5) is 8.78 Å². The predicted octanol–water partition coefficient (Wildman–Crippen LogP) is 4.63. The minimum atomic E-state index is -2.87. The van der Waals surface area contributed by atoms with Gasteiger partial charge in [-0.2, -0.15) is 5.10 Å². The third-order valence-electron chi connectivity index (χ3n) is 5.66. The molecular formula is C21H19Cl2F2N3O2. The Bertz CT molecular complexity index is 1120. The monoisotopic (exact) mass is 453 g/mol. The van der Waals surface area contributed by atoms with Crippen molar-refractivity contribution in [2.24, 2.45) is 0 Å². The average molecular weight is 454 g/mol. The molecule has 158 valence electrons. The van der Waals surface area contributed by atoms with Gasteiger partial charge in [0.2, 0.25) is 5.91 Å². The van der Waals surface area contributed by atoms with Gasteiger partial charge in [-0.05, 0) is 36.1 Å². The van der Waals surface area contributed by atoms with Crippen LogP contribution >= 0.6 is 23.2 Å². The fourth-order valence-electron chi connectivity index (χ4n) is 4.16. The number of pyridine rings is 1. The van der Waals surface area contributed by atoms with Gasteiger partial charge in [-0.3, -0.25) is 4.79 Å². The molecule has 0 fully saturated rings. The molecule has 3 aromatic rings. The van der Waals surface area contributed by atoms with Gasteiger partial charge in [-0.1, -0.05) is 41.4 Å². The summed E-state index contributed by atoms with van der Waals surface area (Å²) in [6.45, 7) is 2.20. The molecule has 2 aromatic heterocycles. The van der Waals surface area contributed by atoms with E-state index in [9.17, 15) is 18.7 Å². The fraction of sp³-hybridized carbons (Fsp3) is 0.333. The van der Waals surface area contributed by atoms with Gasteiger partial charge >= 0.3 is 0 Å². The molecular weight excluding hydrogens is 435 g/mol. The fourth-order valence-corrected chi connectivity index (χ4v) is 4.61. The number of aliphatic hydroxyl groups is 1. The first-order valence-corrected chi connectivity index (χ1v) is 10.2. The molecule has 9 heteroatoms. The van der Waals surface area contributed by atoms with Crippen LogP contribution < -0.4 is 0 Å². The molecule has 0 aliphatic carbocycles. The SMILES string of the molecule is C[C@H]1c2cccc(C(O)C(F)F)c2CCN1C(=O)Cc1c(Cl)ccn2ncc(Cl)c12. The number of hydrogen-bond donors (Lipinski definition) is 1. The number of aliphatic hydroxyl groups excluding tert-OH is 1. The van der Waals surface area contributed by atoms with Crippen LogP contribution in [0, 0.1) is 0 Å². The van der Waals surface area contributed by atoms with E-state index in [-0.39, 0.29) is 23.9 Å². The van der Waals surface area contributed by atoms with Crippen molar-refractivity contribution in [3.8, 4) is 0 Å². The Morgan fingerprint density at radius 2 is 2.07 bits per heavy atom. The van der Waals surface area contributed by atoms with Gasteiger partial charge in [0.15, 0.2) is 0 Å². The van der Waals surface area contributed by atoms with E-state index < -0.39 is 12.5 Å². The minimum absolute atomic E-state index is 0.0353. The maximum atomic E-state index is 13.2. The molecule has 2 atom stereocenters. The molecule has 0 saturated carbocycles. The van der Waals surface area contributed by atoms with Gasteiger partial charge in [-0.25, -0.2) is 13.3 Å². The lowest BCUT2D eigenvalue weighted by molar-refractivity contribution is -0.133. The maximum absolute atomic E-state index is 13.2. The van der Waals surface area contributed by atoms with Crippen LogP contribution in [0.2, 0.25) is 10.0 Å². The molecule has 0 radical (unpaired) electrons. The lowest BCUT2D eigenvalue weighted by Crippen LogP contribution is -2.40. The summed E-state index contributed by atoms with van der Waals surface area (Å²) in [5.41, 5.74) is 2.84. The number of fused-ring (bicyclic) bond motifs is 2. The van der Waals surface area contributed by atoms with E-state index in [2.05, 4.69) is 5.10 Å². The van der Waals surface area contributed by atoms with Gasteiger partial charge in [0.25, 0.3) is 6.43 Å². The zero-order valence-electron chi connectivity index (χ0n) is 16.0. The van der Waals surface area contributed by atoms with Crippen molar-refractivity contribution in [2.45, 2.75) is 38.3 Å². The van der Waals surface area contributed by atoms with E-state index in [1.807, 2.05) is 13.0 Å². The Balaban J connectivity index is 1.63. The summed E-state index contributed by atoms with van der Waals surface area (Å²) in [6.07, 6.45) is -1.11. The van der Waals surface area contributed by atoms with E-state index in [0.29, 0.717) is 39.7 Å². The topological polar surface area (TPSA) is 57.8 Å². The molecule has 0 spiro atoms. The zero-order valence-corrected chi connectivity index (χ0v) is 17.5. The Morgan fingerprint density at radius 3 is 2.80 bits per heavy atom. The van der Waals surface area contributed by atoms with Crippen molar-refractivity contribution in [3.05, 3.63) is 69.0 Å². The van der Waals surface area contributed by atoms with Crippen molar-refractivity contribution in [1.29, 1.82) is 0 Å². The van der Waals surface area contributed by atoms with Gasteiger partial charge in [0.05, 0.1) is 29.2 Å². The van der Waals surface area contributed by atoms with Crippen molar-refractivity contribution in [1.82, 2.24) is 14.5 Å². The summed E-state index contributed by atoms with van der Waals surface area (Å²) in [6, 6.07) is 6.29. The first-order chi connectivity index (χ1) is 14.3. The normalized spacial score (nSPS) is 17.4. The number of carbonyl (C=O) groups excluding carboxylic acids is 1. The number of alkyl halides is 2. The summed E-state index contributed by atoms with van der Waals surface area (Å²) in [4.78, 5) is 14.9. The molecule has 1 aromatic carbocycles. The number of carbonyl (C=O) groups is 1. The number of nitrogens with zero attached hydrogens (tertiary/aromatic N) is 3. The van der Waals surface area contributed by atoms with E-state index in [4.69, 9.17) is 23.2 Å². The quantitative estimate of drug-likeness (QED) is 0.626. The van der Waals surface area contributed by atoms with Crippen LogP contribution in [0.15, 0.2) is 36.7 Å². The molecule has 0 saturated heterocycles. The average Bonchev–Trinajstić information content (AvgIpc) is 3.10. The van der Waals surface area contributed by atoms with Crippen LogP contribution in [0.5, 0.6) is 0 Å². The number of rotatable bonds is 4. The summed E-state index contributed by atoms with van der Waals surface area (Å²) in [5, 5.41) is 14.8. The number of benzene rings is 1. The Kier molecular flexibility index (Phi) is 5.70. The Labute approximate surface area is 181 Å². The second kappa shape index (κ2) is 8.13. The molecule has 1 N–H and O–H groups in total. The summed E-state index contributed by atoms with van der Waals surface area (Å²) in [7, 11) is 0. The first kappa shape index (κ1) is 21.0. The number of amides is 1. The summed E-state index contributed by atoms with van der Waals surface area (Å²) >= 11 is 12.6. The van der Waals surface area contributed by atoms with Crippen LogP contribution in [-0.4, -0.2) is 38.5 Å². The van der Waals surface area contributed by atoms with Crippen molar-refractivity contribution in [3.63, 3.8) is 0 Å². The first-order valence-electron chi connectivity index (χ1n) is 9.47. The van der Waals surface area contributed by atoms with Crippen LogP contribution in [0.25, 0.3) is 5.52 Å². The summed E-state index contributed by atoms with van der Waals surface area (Å²) < 4.78 is 27.7. The Hall–Kier alpha value is -2.22. The van der Waals surface area contributed by atoms with E-state index in [1.165, 1.54) is 12.3 Å². The summed E-state index contributed by atoms with van der Waals surface area (Å²) in [5.74, 6) is -0.153. The van der Waals surface area contributed by atoms with Gasteiger partial charge < -0.3 is 10.0 Å². The molecule has 1 unspecified atom stereocenters. The number of halogens is 4. The van der Waals surface area contributed by atoms with E-state index in [0.717, 1.165) is 5.56 Å². The van der Waals surface area contributed by atoms with Gasteiger partial charge in [0, 0.05) is 23.3 Å². The highest BCUT2D eigenvalue weighted by molar-refractivity contribution is 6.36. The van der Waals surface area contributed by atoms with Crippen LogP contribution in [0.3, 0.4) is 0 Å². The molecule has 0 bridgehead atoms. The Morgan fingerprint density at radius 1 is 1.30 bits per heavy atom. The highest BCUT2D eigenvalue weighted by Gasteiger charge is 2.32. The van der Waals surface area contributed by atoms with Crippen molar-refractivity contribution in [2.75, 3.05) is 6.54 Å². The maximum Gasteiger partial charge on any atom is 0.268 e. The standard InChI is InChI=1S/C21H19Cl2F2N3O2/c1-11-12-3-2-4-14(20(30)21(24)25)13(12)5-7-27(11)18(29)9-15-16(22)6-8-28-19(15)17(23)10-26-28/h2-4,6,8,10-11,20-21,30H,5,7,9H2,1H3/t11-,20?/m0/s1. The van der Waals surface area contributed by atoms with Crippen LogP contribution in [0.1, 0.15) is 41.3 Å². The third-order valence-corrected chi connectivity index (χ3v) is 6.29. The zero-order chi connectivity index (χ0) is 21.6. The lowest BCUT2D eigenvalue weighted by Gasteiger charge is -2.37. The molecule has 4 rings (SSSR count). The molecule has 3 heterocycles. The van der Waals surface area contributed by atoms with Gasteiger partial charge in [-0.15, -0.1) is 0 Å². The molecule has 1 aliphatic heterocycles. The van der Waals surface area contributed by atoms with Crippen LogP contribution in [-0.2, 0) is 17.6 Å². The molecule has 30 heavy (non-hydrogen) atoms. The number of hydrogen-bond acceptors (Lipinski definition) is 3. The van der Waals surface area contributed by atoms with E-state index in [1.54, 1.807) is 27.7 Å². The number of aromatic nitrogens is 2.